The molecule has 1 amide bonds. The molecular weight excluding hydrogens is 234 g/mol. The first-order chi connectivity index (χ1) is 8.72. The summed E-state index contributed by atoms with van der Waals surface area (Å²) in [6, 6.07) is 7.75. The van der Waals surface area contributed by atoms with Gasteiger partial charge in [-0.2, -0.15) is 0 Å². The minimum atomic E-state index is -0.381. The van der Waals surface area contributed by atoms with Gasteiger partial charge in [-0.15, -0.1) is 0 Å². The first-order valence-corrected chi connectivity index (χ1v) is 5.92. The molecule has 1 aromatic rings. The number of carbonyl (C=O) groups is 1. The van der Waals surface area contributed by atoms with E-state index in [1.54, 1.807) is 12.0 Å². The van der Waals surface area contributed by atoms with Gasteiger partial charge in [0.2, 0.25) is 0 Å². The molecule has 1 atom stereocenters. The second-order valence-electron chi connectivity index (χ2n) is 4.23. The van der Waals surface area contributed by atoms with Gasteiger partial charge >= 0.3 is 6.09 Å². The molecule has 0 bridgehead atoms. The van der Waals surface area contributed by atoms with E-state index in [-0.39, 0.29) is 18.8 Å². The number of aliphatic hydroxyl groups excluding tert-OH is 1. The van der Waals surface area contributed by atoms with Crippen LogP contribution in [-0.2, 0) is 11.2 Å². The van der Waals surface area contributed by atoms with Crippen molar-refractivity contribution in [3.8, 4) is 5.75 Å². The Morgan fingerprint density at radius 1 is 1.44 bits per heavy atom. The van der Waals surface area contributed by atoms with E-state index in [2.05, 4.69) is 0 Å². The van der Waals surface area contributed by atoms with Crippen LogP contribution in [0.5, 0.6) is 5.75 Å². The van der Waals surface area contributed by atoms with Gasteiger partial charge in [-0.05, 0) is 24.1 Å². The zero-order chi connectivity index (χ0) is 13.0. The third-order valence-electron chi connectivity index (χ3n) is 2.98. The van der Waals surface area contributed by atoms with Crippen LogP contribution in [0.1, 0.15) is 5.56 Å². The summed E-state index contributed by atoms with van der Waals surface area (Å²) >= 11 is 0. The van der Waals surface area contributed by atoms with Crippen LogP contribution in [0, 0.1) is 0 Å². The highest BCUT2D eigenvalue weighted by Gasteiger charge is 2.29. The van der Waals surface area contributed by atoms with Crippen molar-refractivity contribution in [2.24, 2.45) is 0 Å². The Labute approximate surface area is 106 Å². The molecule has 5 heteroatoms. The van der Waals surface area contributed by atoms with Gasteiger partial charge in [-0.25, -0.2) is 4.79 Å². The Bertz CT molecular complexity index is 404. The quantitative estimate of drug-likeness (QED) is 0.849. The number of ether oxygens (including phenoxy) is 2. The van der Waals surface area contributed by atoms with E-state index in [4.69, 9.17) is 14.6 Å². The Morgan fingerprint density at radius 3 is 2.72 bits per heavy atom. The topological polar surface area (TPSA) is 59.0 Å². The molecule has 0 spiro atoms. The number of carbonyl (C=O) groups excluding carboxylic acids is 1. The zero-order valence-corrected chi connectivity index (χ0v) is 10.3. The van der Waals surface area contributed by atoms with E-state index in [9.17, 15) is 4.79 Å². The van der Waals surface area contributed by atoms with Crippen LogP contribution < -0.4 is 4.74 Å². The molecule has 5 nitrogen and oxygen atoms in total. The Kier molecular flexibility index (Phi) is 4.04. The van der Waals surface area contributed by atoms with E-state index in [1.807, 2.05) is 24.3 Å². The van der Waals surface area contributed by atoms with Gasteiger partial charge < -0.3 is 19.5 Å². The maximum atomic E-state index is 11.4. The van der Waals surface area contributed by atoms with Gasteiger partial charge in [0.15, 0.2) is 0 Å². The van der Waals surface area contributed by atoms with Crippen LogP contribution in [0.3, 0.4) is 0 Å². The first-order valence-electron chi connectivity index (χ1n) is 5.92. The number of nitrogens with zero attached hydrogens (tertiary/aromatic N) is 1. The molecule has 1 aliphatic heterocycles. The van der Waals surface area contributed by atoms with Crippen LogP contribution in [-0.4, -0.2) is 49.0 Å². The highest BCUT2D eigenvalue weighted by atomic mass is 16.6. The molecule has 1 N–H and O–H groups in total. The van der Waals surface area contributed by atoms with Gasteiger partial charge in [0.05, 0.1) is 20.3 Å². The maximum absolute atomic E-state index is 11.4. The average molecular weight is 251 g/mol. The predicted octanol–water partition coefficient (Wildman–Crippen LogP) is 1.05. The highest BCUT2D eigenvalue weighted by Crippen LogP contribution is 2.14. The molecule has 1 unspecified atom stereocenters. The summed E-state index contributed by atoms with van der Waals surface area (Å²) in [4.78, 5) is 13.1. The van der Waals surface area contributed by atoms with Crippen molar-refractivity contribution in [1.29, 1.82) is 0 Å². The third-order valence-corrected chi connectivity index (χ3v) is 2.98. The third kappa shape index (κ3) is 2.92. The van der Waals surface area contributed by atoms with Gasteiger partial charge in [0, 0.05) is 6.54 Å². The molecule has 18 heavy (non-hydrogen) atoms. The van der Waals surface area contributed by atoms with Crippen molar-refractivity contribution >= 4 is 6.09 Å². The standard InChI is InChI=1S/C13H17NO4/c1-17-11-4-2-10(3-5-11)6-7-14-8-12(9-15)18-13(14)16/h2-5,12,15H,6-9H2,1H3. The van der Waals surface area contributed by atoms with Crippen molar-refractivity contribution in [3.05, 3.63) is 29.8 Å². The number of rotatable bonds is 5. The molecule has 1 aliphatic rings. The lowest BCUT2D eigenvalue weighted by Gasteiger charge is -2.12. The van der Waals surface area contributed by atoms with E-state index in [0.29, 0.717) is 13.1 Å². The molecule has 1 saturated heterocycles. The Balaban J connectivity index is 1.85. The van der Waals surface area contributed by atoms with Gasteiger partial charge in [-0.3, -0.25) is 0 Å². The van der Waals surface area contributed by atoms with Crippen LogP contribution in [0.25, 0.3) is 0 Å². The number of aliphatic hydroxyl groups is 1. The summed E-state index contributed by atoms with van der Waals surface area (Å²) in [5.41, 5.74) is 1.14. The van der Waals surface area contributed by atoms with Gasteiger partial charge in [-0.1, -0.05) is 12.1 Å². The smallest absolute Gasteiger partial charge is 0.410 e. The van der Waals surface area contributed by atoms with Crippen LogP contribution in [0.4, 0.5) is 4.79 Å². The lowest BCUT2D eigenvalue weighted by Crippen LogP contribution is -2.28. The van der Waals surface area contributed by atoms with Crippen molar-refractivity contribution in [2.45, 2.75) is 12.5 Å². The fourth-order valence-corrected chi connectivity index (χ4v) is 1.91. The van der Waals surface area contributed by atoms with Crippen molar-refractivity contribution in [1.82, 2.24) is 4.90 Å². The molecule has 0 aromatic heterocycles. The highest BCUT2D eigenvalue weighted by molar-refractivity contribution is 5.69. The van der Waals surface area contributed by atoms with Gasteiger partial charge in [0.1, 0.15) is 11.9 Å². The fraction of sp³-hybridized carbons (Fsp3) is 0.462. The maximum Gasteiger partial charge on any atom is 0.410 e. The number of methoxy groups -OCH3 is 1. The Morgan fingerprint density at radius 2 is 2.17 bits per heavy atom. The monoisotopic (exact) mass is 251 g/mol. The number of amides is 1. The number of cyclic esters (lactones) is 1. The molecule has 1 fully saturated rings. The van der Waals surface area contributed by atoms with Crippen molar-refractivity contribution < 1.29 is 19.4 Å². The normalized spacial score (nSPS) is 18.9. The van der Waals surface area contributed by atoms with Gasteiger partial charge in [0.25, 0.3) is 0 Å². The number of benzene rings is 1. The molecule has 0 radical (unpaired) electrons. The molecule has 1 aromatic carbocycles. The average Bonchev–Trinajstić information content (AvgIpc) is 2.77. The molecule has 0 saturated carbocycles. The van der Waals surface area contributed by atoms with Crippen molar-refractivity contribution in [2.75, 3.05) is 26.8 Å². The van der Waals surface area contributed by atoms with E-state index < -0.39 is 0 Å². The molecule has 1 heterocycles. The summed E-state index contributed by atoms with van der Waals surface area (Å²) in [6.07, 6.45) is 0.0352. The lowest BCUT2D eigenvalue weighted by molar-refractivity contribution is 0.0948. The molecule has 0 aliphatic carbocycles. The Hall–Kier alpha value is -1.75. The summed E-state index contributed by atoms with van der Waals surface area (Å²) < 4.78 is 10.0. The SMILES string of the molecule is COc1ccc(CCN2CC(CO)OC2=O)cc1. The largest absolute Gasteiger partial charge is 0.497 e. The van der Waals surface area contributed by atoms with Crippen LogP contribution >= 0.6 is 0 Å². The van der Waals surface area contributed by atoms with E-state index >= 15 is 0 Å². The minimum Gasteiger partial charge on any atom is -0.497 e. The summed E-state index contributed by atoms with van der Waals surface area (Å²) in [7, 11) is 1.63. The van der Waals surface area contributed by atoms with Crippen LogP contribution in [0.15, 0.2) is 24.3 Å². The second kappa shape index (κ2) is 5.73. The molecular formula is C13H17NO4. The molecule has 98 valence electrons. The van der Waals surface area contributed by atoms with E-state index in [1.165, 1.54) is 0 Å². The van der Waals surface area contributed by atoms with E-state index in [0.717, 1.165) is 17.7 Å². The zero-order valence-electron chi connectivity index (χ0n) is 10.3. The lowest BCUT2D eigenvalue weighted by atomic mass is 10.1. The summed E-state index contributed by atoms with van der Waals surface area (Å²) in [5.74, 6) is 0.819. The number of hydrogen-bond acceptors (Lipinski definition) is 4. The van der Waals surface area contributed by atoms with Crippen LogP contribution in [0.2, 0.25) is 0 Å². The first kappa shape index (κ1) is 12.7. The fourth-order valence-electron chi connectivity index (χ4n) is 1.91. The second-order valence-corrected chi connectivity index (χ2v) is 4.23. The summed E-state index contributed by atoms with van der Waals surface area (Å²) in [6.45, 7) is 0.942. The number of hydrogen-bond donors (Lipinski definition) is 1. The summed E-state index contributed by atoms with van der Waals surface area (Å²) in [5, 5.41) is 8.93. The predicted molar refractivity (Wildman–Crippen MR) is 65.6 cm³/mol. The minimum absolute atomic E-state index is 0.120. The molecule has 2 rings (SSSR count). The van der Waals surface area contributed by atoms with Crippen molar-refractivity contribution in [3.63, 3.8) is 0 Å².